The molecule has 2 rings (SSSR count). The van der Waals surface area contributed by atoms with Gasteiger partial charge in [-0.3, -0.25) is 4.68 Å². The maximum absolute atomic E-state index is 13.4. The molecule has 0 aliphatic heterocycles. The Bertz CT molecular complexity index is 564. The van der Waals surface area contributed by atoms with Gasteiger partial charge in [0.15, 0.2) is 0 Å². The van der Waals surface area contributed by atoms with Gasteiger partial charge >= 0.3 is 0 Å². The second kappa shape index (κ2) is 5.93. The quantitative estimate of drug-likeness (QED) is 0.901. The second-order valence-electron chi connectivity index (χ2n) is 4.41. The molecule has 0 fully saturated rings. The van der Waals surface area contributed by atoms with Crippen LogP contribution in [0.3, 0.4) is 0 Å². The lowest BCUT2D eigenvalue weighted by molar-refractivity contribution is 0.568. The van der Waals surface area contributed by atoms with Crippen LogP contribution in [0.1, 0.15) is 23.7 Å². The maximum Gasteiger partial charge on any atom is 0.127 e. The van der Waals surface area contributed by atoms with Crippen molar-refractivity contribution >= 4 is 0 Å². The van der Waals surface area contributed by atoms with Gasteiger partial charge in [0.05, 0.1) is 6.20 Å². The van der Waals surface area contributed by atoms with Crippen molar-refractivity contribution in [2.24, 2.45) is 0 Å². The van der Waals surface area contributed by atoms with Crippen molar-refractivity contribution < 1.29 is 8.78 Å². The van der Waals surface area contributed by atoms with E-state index >= 15 is 0 Å². The fourth-order valence-electron chi connectivity index (χ4n) is 1.99. The number of nitrogens with one attached hydrogen (secondary N) is 1. The van der Waals surface area contributed by atoms with Crippen molar-refractivity contribution in [3.63, 3.8) is 0 Å². The van der Waals surface area contributed by atoms with Gasteiger partial charge in [0.1, 0.15) is 11.6 Å². The Balaban J connectivity index is 1.96. The molecule has 1 heterocycles. The molecule has 1 N–H and O–H groups in total. The number of benzene rings is 1. The smallest absolute Gasteiger partial charge is 0.127 e. The molecule has 0 radical (unpaired) electrons. The molecular formula is C14H17F2N3. The van der Waals surface area contributed by atoms with Gasteiger partial charge in [-0.25, -0.2) is 8.78 Å². The van der Waals surface area contributed by atoms with E-state index in [9.17, 15) is 8.78 Å². The van der Waals surface area contributed by atoms with Crippen LogP contribution >= 0.6 is 0 Å². The summed E-state index contributed by atoms with van der Waals surface area (Å²) in [6, 6.07) is 3.48. The summed E-state index contributed by atoms with van der Waals surface area (Å²) in [4.78, 5) is 0. The van der Waals surface area contributed by atoms with Crippen LogP contribution in [0.25, 0.3) is 0 Å². The molecule has 0 unspecified atom stereocenters. The van der Waals surface area contributed by atoms with Crippen LogP contribution < -0.4 is 5.32 Å². The third-order valence-electron chi connectivity index (χ3n) is 3.14. The van der Waals surface area contributed by atoms with Crippen LogP contribution in [0.5, 0.6) is 0 Å². The average molecular weight is 265 g/mol. The lowest BCUT2D eigenvalue weighted by Crippen LogP contribution is -2.14. The Morgan fingerprint density at radius 1 is 1.21 bits per heavy atom. The molecule has 0 bridgehead atoms. The fraction of sp³-hybridized carbons (Fsp3) is 0.357. The van der Waals surface area contributed by atoms with Gasteiger partial charge in [-0.15, -0.1) is 0 Å². The highest BCUT2D eigenvalue weighted by atomic mass is 19.1. The van der Waals surface area contributed by atoms with Crippen molar-refractivity contribution in [1.82, 2.24) is 15.1 Å². The number of aromatic nitrogens is 2. The van der Waals surface area contributed by atoms with Gasteiger partial charge in [0, 0.05) is 36.5 Å². The predicted octanol–water partition coefficient (Wildman–Crippen LogP) is 2.78. The van der Waals surface area contributed by atoms with Crippen molar-refractivity contribution in [2.75, 3.05) is 0 Å². The lowest BCUT2D eigenvalue weighted by atomic mass is 10.2. The molecule has 0 saturated carbocycles. The number of halogens is 2. The SMILES string of the molecule is CCn1ncc(CNCc2cc(F)ccc2F)c1C. The zero-order valence-corrected chi connectivity index (χ0v) is 11.1. The van der Waals surface area contributed by atoms with E-state index in [2.05, 4.69) is 10.4 Å². The highest BCUT2D eigenvalue weighted by molar-refractivity contribution is 5.19. The summed E-state index contributed by atoms with van der Waals surface area (Å²) in [5, 5.41) is 7.34. The molecule has 5 heteroatoms. The Morgan fingerprint density at radius 2 is 1.95 bits per heavy atom. The summed E-state index contributed by atoms with van der Waals surface area (Å²) in [6.45, 7) is 5.72. The molecule has 0 atom stereocenters. The largest absolute Gasteiger partial charge is 0.308 e. The van der Waals surface area contributed by atoms with E-state index in [1.165, 1.54) is 6.07 Å². The van der Waals surface area contributed by atoms with Gasteiger partial charge in [-0.05, 0) is 32.0 Å². The van der Waals surface area contributed by atoms with Gasteiger partial charge in [0.2, 0.25) is 0 Å². The first-order valence-electron chi connectivity index (χ1n) is 6.27. The van der Waals surface area contributed by atoms with E-state index in [0.29, 0.717) is 18.7 Å². The predicted molar refractivity (Wildman–Crippen MR) is 69.5 cm³/mol. The van der Waals surface area contributed by atoms with E-state index in [1.54, 1.807) is 6.20 Å². The summed E-state index contributed by atoms with van der Waals surface area (Å²) < 4.78 is 28.3. The van der Waals surface area contributed by atoms with Gasteiger partial charge in [-0.1, -0.05) is 0 Å². The van der Waals surface area contributed by atoms with Crippen LogP contribution in [-0.4, -0.2) is 9.78 Å². The third kappa shape index (κ3) is 3.17. The second-order valence-corrected chi connectivity index (χ2v) is 4.41. The van der Waals surface area contributed by atoms with Crippen molar-refractivity contribution in [3.05, 3.63) is 52.9 Å². The van der Waals surface area contributed by atoms with E-state index in [0.717, 1.165) is 29.9 Å². The molecule has 1 aromatic heterocycles. The summed E-state index contributed by atoms with van der Waals surface area (Å²) in [5.74, 6) is -0.817. The Morgan fingerprint density at radius 3 is 2.63 bits per heavy atom. The molecule has 0 amide bonds. The van der Waals surface area contributed by atoms with Gasteiger partial charge in [0.25, 0.3) is 0 Å². The van der Waals surface area contributed by atoms with Crippen LogP contribution in [0.4, 0.5) is 8.78 Å². The Hall–Kier alpha value is -1.75. The normalized spacial score (nSPS) is 10.9. The number of hydrogen-bond donors (Lipinski definition) is 1. The number of nitrogens with zero attached hydrogens (tertiary/aromatic N) is 2. The van der Waals surface area contributed by atoms with Crippen molar-refractivity contribution in [1.29, 1.82) is 0 Å². The first-order valence-corrected chi connectivity index (χ1v) is 6.27. The zero-order valence-electron chi connectivity index (χ0n) is 11.1. The molecule has 102 valence electrons. The van der Waals surface area contributed by atoms with Gasteiger partial charge in [-0.2, -0.15) is 5.10 Å². The summed E-state index contributed by atoms with van der Waals surface area (Å²) in [5.41, 5.74) is 2.49. The number of hydrogen-bond acceptors (Lipinski definition) is 2. The highest BCUT2D eigenvalue weighted by Gasteiger charge is 2.06. The minimum Gasteiger partial charge on any atom is -0.308 e. The number of rotatable bonds is 5. The first-order chi connectivity index (χ1) is 9.11. The average Bonchev–Trinajstić information content (AvgIpc) is 2.75. The lowest BCUT2D eigenvalue weighted by Gasteiger charge is -2.06. The number of aryl methyl sites for hydroxylation is 1. The molecule has 3 nitrogen and oxygen atoms in total. The Labute approximate surface area is 111 Å². The molecule has 0 aliphatic carbocycles. The van der Waals surface area contributed by atoms with Crippen molar-refractivity contribution in [3.8, 4) is 0 Å². The van der Waals surface area contributed by atoms with E-state index < -0.39 is 11.6 Å². The van der Waals surface area contributed by atoms with Crippen LogP contribution in [0.2, 0.25) is 0 Å². The standard InChI is InChI=1S/C14H17F2N3/c1-3-19-10(2)12(9-18-19)8-17-7-11-6-13(15)4-5-14(11)16/h4-6,9,17H,3,7-8H2,1-2H3. The molecule has 0 aliphatic rings. The maximum atomic E-state index is 13.4. The summed E-state index contributed by atoms with van der Waals surface area (Å²) >= 11 is 0. The fourth-order valence-corrected chi connectivity index (χ4v) is 1.99. The monoisotopic (exact) mass is 265 g/mol. The van der Waals surface area contributed by atoms with E-state index in [1.807, 2.05) is 18.5 Å². The Kier molecular flexibility index (Phi) is 4.27. The van der Waals surface area contributed by atoms with Crippen LogP contribution in [-0.2, 0) is 19.6 Å². The minimum atomic E-state index is -0.423. The molecule has 1 aromatic carbocycles. The first kappa shape index (κ1) is 13.7. The van der Waals surface area contributed by atoms with Crippen molar-refractivity contribution in [2.45, 2.75) is 33.5 Å². The van der Waals surface area contributed by atoms with E-state index in [-0.39, 0.29) is 0 Å². The third-order valence-corrected chi connectivity index (χ3v) is 3.14. The van der Waals surface area contributed by atoms with Crippen LogP contribution in [0, 0.1) is 18.6 Å². The topological polar surface area (TPSA) is 29.9 Å². The zero-order chi connectivity index (χ0) is 13.8. The molecule has 2 aromatic rings. The molecular weight excluding hydrogens is 248 g/mol. The van der Waals surface area contributed by atoms with Gasteiger partial charge < -0.3 is 5.32 Å². The van der Waals surface area contributed by atoms with Crippen LogP contribution in [0.15, 0.2) is 24.4 Å². The molecule has 19 heavy (non-hydrogen) atoms. The minimum absolute atomic E-state index is 0.292. The summed E-state index contributed by atoms with van der Waals surface area (Å²) in [7, 11) is 0. The summed E-state index contributed by atoms with van der Waals surface area (Å²) in [6.07, 6.45) is 1.80. The van der Waals surface area contributed by atoms with E-state index in [4.69, 9.17) is 0 Å². The molecule has 0 spiro atoms. The highest BCUT2D eigenvalue weighted by Crippen LogP contribution is 2.11. The molecule has 0 saturated heterocycles.